The number of rotatable bonds is 5. The summed E-state index contributed by atoms with van der Waals surface area (Å²) in [6.07, 6.45) is 0. The van der Waals surface area contributed by atoms with Crippen LogP contribution in [0.1, 0.15) is 22.1 Å². The van der Waals surface area contributed by atoms with Crippen LogP contribution in [0.5, 0.6) is 17.2 Å². The van der Waals surface area contributed by atoms with E-state index in [2.05, 4.69) is 5.32 Å². The summed E-state index contributed by atoms with van der Waals surface area (Å²) >= 11 is 7.57. The maximum Gasteiger partial charge on any atom is 0.235 e. The number of fused-ring (bicyclic) bond motifs is 1. The molecule has 1 atom stereocenters. The molecule has 2 aromatic carbocycles. The molecule has 2 heterocycles. The predicted octanol–water partition coefficient (Wildman–Crippen LogP) is 4.63. The lowest BCUT2D eigenvalue weighted by molar-refractivity contribution is -0.113. The molecule has 0 radical (unpaired) electrons. The molecule has 7 nitrogen and oxygen atoms in total. The normalized spacial score (nSPS) is 15.6. The average Bonchev–Trinajstić information content (AvgIpc) is 2.98. The topological polar surface area (TPSA) is 74.6 Å². The molecule has 0 fully saturated rings. The zero-order valence-corrected chi connectivity index (χ0v) is 19.1. The Hall–Kier alpha value is -2.84. The molecular formula is C22H22ClN3O4S. The van der Waals surface area contributed by atoms with Crippen molar-refractivity contribution < 1.29 is 19.0 Å². The molecule has 4 rings (SSSR count). The summed E-state index contributed by atoms with van der Waals surface area (Å²) in [6, 6.07) is 11.2. The molecule has 3 aromatic rings. The molecule has 0 spiro atoms. The van der Waals surface area contributed by atoms with E-state index in [-0.39, 0.29) is 11.2 Å². The molecular weight excluding hydrogens is 438 g/mol. The van der Waals surface area contributed by atoms with E-state index in [9.17, 15) is 4.79 Å². The maximum atomic E-state index is 12.6. The molecule has 31 heavy (non-hydrogen) atoms. The molecule has 9 heteroatoms. The van der Waals surface area contributed by atoms with Crippen molar-refractivity contribution in [2.75, 3.05) is 32.4 Å². The van der Waals surface area contributed by atoms with Crippen LogP contribution in [0, 0.1) is 6.92 Å². The number of ether oxygens (including phenoxy) is 3. The third kappa shape index (κ3) is 3.93. The number of aryl methyl sites for hydroxylation is 1. The van der Waals surface area contributed by atoms with Crippen molar-refractivity contribution in [3.8, 4) is 22.9 Å². The fourth-order valence-electron chi connectivity index (χ4n) is 3.67. The lowest BCUT2D eigenvalue weighted by Gasteiger charge is -2.19. The number of carbonyl (C=O) groups excluding carboxylic acids is 1. The van der Waals surface area contributed by atoms with Crippen molar-refractivity contribution >= 4 is 35.1 Å². The van der Waals surface area contributed by atoms with Crippen LogP contribution in [-0.2, 0) is 4.79 Å². The summed E-state index contributed by atoms with van der Waals surface area (Å²) in [5.41, 5.74) is 3.49. The third-order valence-corrected chi connectivity index (χ3v) is 6.59. The van der Waals surface area contributed by atoms with E-state index in [4.69, 9.17) is 30.9 Å². The Kier molecular flexibility index (Phi) is 6.02. The Balaban J connectivity index is 1.89. The highest BCUT2D eigenvalue weighted by atomic mass is 35.5. The molecule has 1 aromatic heterocycles. The monoisotopic (exact) mass is 459 g/mol. The summed E-state index contributed by atoms with van der Waals surface area (Å²) in [6.45, 7) is 1.94. The fourth-order valence-corrected chi connectivity index (χ4v) is 4.96. The molecule has 162 valence electrons. The van der Waals surface area contributed by atoms with Crippen LogP contribution < -0.4 is 19.5 Å². The number of amides is 1. The first kappa shape index (κ1) is 21.4. The van der Waals surface area contributed by atoms with Gasteiger partial charge in [-0.25, -0.2) is 4.68 Å². The van der Waals surface area contributed by atoms with Crippen molar-refractivity contribution in [2.45, 2.75) is 12.2 Å². The highest BCUT2D eigenvalue weighted by Gasteiger charge is 2.32. The number of anilines is 1. The smallest absolute Gasteiger partial charge is 0.235 e. The Morgan fingerprint density at radius 2 is 1.74 bits per heavy atom. The minimum absolute atomic E-state index is 0.0868. The molecule has 0 saturated heterocycles. The van der Waals surface area contributed by atoms with E-state index in [1.165, 1.54) is 11.8 Å². The van der Waals surface area contributed by atoms with Crippen molar-refractivity contribution in [3.63, 3.8) is 0 Å². The van der Waals surface area contributed by atoms with E-state index in [1.807, 2.05) is 31.2 Å². The molecule has 1 N–H and O–H groups in total. The molecule has 0 bridgehead atoms. The van der Waals surface area contributed by atoms with Crippen molar-refractivity contribution in [1.82, 2.24) is 9.78 Å². The average molecular weight is 460 g/mol. The van der Waals surface area contributed by atoms with E-state index in [0.29, 0.717) is 33.8 Å². The highest BCUT2D eigenvalue weighted by Crippen LogP contribution is 2.48. The van der Waals surface area contributed by atoms with Gasteiger partial charge in [0.25, 0.3) is 0 Å². The first-order valence-corrected chi connectivity index (χ1v) is 11.0. The SMILES string of the molecule is COc1cc([C@@H]2SCC(=O)Nc3c2c(C)nn3-c2ccc(Cl)cc2)cc(OC)c1OC. The van der Waals surface area contributed by atoms with E-state index < -0.39 is 0 Å². The van der Waals surface area contributed by atoms with Crippen LogP contribution in [0.15, 0.2) is 36.4 Å². The zero-order valence-electron chi connectivity index (χ0n) is 17.6. The lowest BCUT2D eigenvalue weighted by atomic mass is 10.0. The summed E-state index contributed by atoms with van der Waals surface area (Å²) < 4.78 is 18.3. The number of nitrogens with zero attached hydrogens (tertiary/aromatic N) is 2. The number of nitrogens with one attached hydrogen (secondary N) is 1. The second kappa shape index (κ2) is 8.72. The second-order valence-corrected chi connectivity index (χ2v) is 8.46. The Morgan fingerprint density at radius 1 is 1.10 bits per heavy atom. The zero-order chi connectivity index (χ0) is 22.1. The van der Waals surface area contributed by atoms with Crippen molar-refractivity contribution in [1.29, 1.82) is 0 Å². The van der Waals surface area contributed by atoms with Gasteiger partial charge in [-0.05, 0) is 48.9 Å². The van der Waals surface area contributed by atoms with Crippen molar-refractivity contribution in [3.05, 3.63) is 58.2 Å². The summed E-state index contributed by atoms with van der Waals surface area (Å²) in [5.74, 6) is 2.51. The minimum atomic E-state index is -0.163. The first-order valence-electron chi connectivity index (χ1n) is 9.53. The Morgan fingerprint density at radius 3 is 2.32 bits per heavy atom. The molecule has 0 aliphatic carbocycles. The Labute approximate surface area is 189 Å². The van der Waals surface area contributed by atoms with E-state index in [1.54, 1.807) is 38.1 Å². The van der Waals surface area contributed by atoms with Crippen LogP contribution >= 0.6 is 23.4 Å². The van der Waals surface area contributed by atoms with E-state index in [0.717, 1.165) is 22.5 Å². The molecule has 0 saturated carbocycles. The van der Waals surface area contributed by atoms with Gasteiger partial charge >= 0.3 is 0 Å². The van der Waals surface area contributed by atoms with Crippen molar-refractivity contribution in [2.24, 2.45) is 0 Å². The van der Waals surface area contributed by atoms with Crippen LogP contribution in [0.2, 0.25) is 5.02 Å². The highest BCUT2D eigenvalue weighted by molar-refractivity contribution is 8.00. The number of halogens is 1. The van der Waals surface area contributed by atoms with E-state index >= 15 is 0 Å². The van der Waals surface area contributed by atoms with Crippen LogP contribution in [-0.4, -0.2) is 42.8 Å². The lowest BCUT2D eigenvalue weighted by Crippen LogP contribution is -2.15. The van der Waals surface area contributed by atoms with Gasteiger partial charge in [-0.15, -0.1) is 11.8 Å². The Bertz CT molecular complexity index is 1110. The number of aromatic nitrogens is 2. The molecule has 1 amide bonds. The van der Waals surface area contributed by atoms with Gasteiger partial charge in [0.2, 0.25) is 11.7 Å². The number of benzene rings is 2. The quantitative estimate of drug-likeness (QED) is 0.599. The molecule has 1 aliphatic heterocycles. The van der Waals surface area contributed by atoms with Gasteiger partial charge in [-0.1, -0.05) is 11.6 Å². The predicted molar refractivity (Wildman–Crippen MR) is 122 cm³/mol. The van der Waals surface area contributed by atoms with Crippen LogP contribution in [0.4, 0.5) is 5.82 Å². The van der Waals surface area contributed by atoms with Crippen LogP contribution in [0.3, 0.4) is 0 Å². The van der Waals surface area contributed by atoms with Gasteiger partial charge in [0.05, 0.1) is 43.7 Å². The van der Waals surface area contributed by atoms with Gasteiger partial charge in [0.15, 0.2) is 11.5 Å². The maximum absolute atomic E-state index is 12.6. The van der Waals surface area contributed by atoms with Gasteiger partial charge in [-0.3, -0.25) is 4.79 Å². The third-order valence-electron chi connectivity index (χ3n) is 5.07. The largest absolute Gasteiger partial charge is 0.493 e. The van der Waals surface area contributed by atoms with Crippen LogP contribution in [0.25, 0.3) is 5.69 Å². The number of thioether (sulfide) groups is 1. The number of carbonyl (C=O) groups is 1. The molecule has 0 unspecified atom stereocenters. The standard InChI is InChI=1S/C22H22ClN3O4S/c1-12-19-21(13-9-16(28-2)20(30-4)17(10-13)29-3)31-11-18(27)24-22(19)26(25-12)15-7-5-14(23)6-8-15/h5-10,21H,11H2,1-4H3,(H,24,27)/t21-/m0/s1. The van der Waals surface area contributed by atoms with Gasteiger partial charge in [0.1, 0.15) is 5.82 Å². The fraction of sp³-hybridized carbons (Fsp3) is 0.273. The van der Waals surface area contributed by atoms with Gasteiger partial charge < -0.3 is 19.5 Å². The van der Waals surface area contributed by atoms with Gasteiger partial charge in [-0.2, -0.15) is 5.10 Å². The number of hydrogen-bond acceptors (Lipinski definition) is 6. The number of methoxy groups -OCH3 is 3. The summed E-state index contributed by atoms with van der Waals surface area (Å²) in [5, 5.41) is 8.22. The first-order chi connectivity index (χ1) is 15.0. The summed E-state index contributed by atoms with van der Waals surface area (Å²) in [4.78, 5) is 12.6. The minimum Gasteiger partial charge on any atom is -0.493 e. The number of hydrogen-bond donors (Lipinski definition) is 1. The van der Waals surface area contributed by atoms with Gasteiger partial charge in [0, 0.05) is 10.6 Å². The second-order valence-electron chi connectivity index (χ2n) is 6.93. The molecule has 1 aliphatic rings. The summed E-state index contributed by atoms with van der Waals surface area (Å²) in [7, 11) is 4.74.